The molecule has 0 amide bonds. The Morgan fingerprint density at radius 2 is 2.08 bits per heavy atom. The maximum atomic E-state index is 13.1. The molecule has 7 heteroatoms. The highest BCUT2D eigenvalue weighted by Gasteiger charge is 2.45. The third-order valence-corrected chi connectivity index (χ3v) is 7.17. The standard InChI is InChI=1S/C17H24N2O4S/c1-3-23-17(20)12-5-4-11(2)16(8-12)24(21,22)19-9-13-6-7-15(18)14(13)10-19/h4-5,8,13-15H,3,6-7,9-10,18H2,1-2H3. The van der Waals surface area contributed by atoms with Crippen LogP contribution in [0.3, 0.4) is 0 Å². The van der Waals surface area contributed by atoms with Gasteiger partial charge < -0.3 is 10.5 Å². The highest BCUT2D eigenvalue weighted by Crippen LogP contribution is 2.39. The molecular weight excluding hydrogens is 328 g/mol. The first kappa shape index (κ1) is 17.4. The van der Waals surface area contributed by atoms with E-state index < -0.39 is 16.0 Å². The predicted octanol–water partition coefficient (Wildman–Crippen LogP) is 1.53. The molecular formula is C17H24N2O4S. The highest BCUT2D eigenvalue weighted by atomic mass is 32.2. The Morgan fingerprint density at radius 3 is 2.75 bits per heavy atom. The van der Waals surface area contributed by atoms with Crippen LogP contribution in [0.15, 0.2) is 23.1 Å². The monoisotopic (exact) mass is 352 g/mol. The van der Waals surface area contributed by atoms with Crippen LogP contribution in [0, 0.1) is 18.8 Å². The number of carbonyl (C=O) groups excluding carboxylic acids is 1. The smallest absolute Gasteiger partial charge is 0.338 e. The first-order valence-corrected chi connectivity index (χ1v) is 9.82. The summed E-state index contributed by atoms with van der Waals surface area (Å²) in [6.45, 7) is 4.70. The third kappa shape index (κ3) is 2.96. The van der Waals surface area contributed by atoms with E-state index in [2.05, 4.69) is 0 Å². The van der Waals surface area contributed by atoms with Crippen molar-refractivity contribution in [2.24, 2.45) is 17.6 Å². The van der Waals surface area contributed by atoms with Gasteiger partial charge in [0, 0.05) is 19.1 Å². The Hall–Kier alpha value is -1.44. The lowest BCUT2D eigenvalue weighted by atomic mass is 9.98. The van der Waals surface area contributed by atoms with E-state index in [9.17, 15) is 13.2 Å². The molecule has 24 heavy (non-hydrogen) atoms. The molecule has 6 nitrogen and oxygen atoms in total. The Balaban J connectivity index is 1.90. The van der Waals surface area contributed by atoms with Gasteiger partial charge in [0.05, 0.1) is 17.1 Å². The number of esters is 1. The van der Waals surface area contributed by atoms with E-state index in [1.807, 2.05) is 0 Å². The minimum Gasteiger partial charge on any atom is -0.462 e. The number of rotatable bonds is 4. The molecule has 1 aromatic rings. The summed E-state index contributed by atoms with van der Waals surface area (Å²) in [6.07, 6.45) is 1.96. The van der Waals surface area contributed by atoms with E-state index in [-0.39, 0.29) is 29.0 Å². The van der Waals surface area contributed by atoms with Crippen LogP contribution >= 0.6 is 0 Å². The summed E-state index contributed by atoms with van der Waals surface area (Å²) in [6, 6.07) is 4.77. The lowest BCUT2D eigenvalue weighted by Crippen LogP contribution is -2.34. The van der Waals surface area contributed by atoms with Crippen molar-refractivity contribution in [2.75, 3.05) is 19.7 Å². The number of ether oxygens (including phenoxy) is 1. The second kappa shape index (κ2) is 6.46. The van der Waals surface area contributed by atoms with Gasteiger partial charge in [-0.15, -0.1) is 0 Å². The maximum Gasteiger partial charge on any atom is 0.338 e. The summed E-state index contributed by atoms with van der Waals surface area (Å²) in [5.41, 5.74) is 7.00. The Bertz CT molecular complexity index is 747. The van der Waals surface area contributed by atoms with Crippen molar-refractivity contribution in [2.45, 2.75) is 37.6 Å². The van der Waals surface area contributed by atoms with E-state index in [0.29, 0.717) is 24.6 Å². The lowest BCUT2D eigenvalue weighted by Gasteiger charge is -2.20. The van der Waals surface area contributed by atoms with E-state index in [1.54, 1.807) is 26.0 Å². The molecule has 3 atom stereocenters. The summed E-state index contributed by atoms with van der Waals surface area (Å²) in [4.78, 5) is 12.1. The first-order valence-electron chi connectivity index (χ1n) is 8.38. The van der Waals surface area contributed by atoms with Crippen LogP contribution in [0.2, 0.25) is 0 Å². The van der Waals surface area contributed by atoms with Crippen molar-refractivity contribution in [3.63, 3.8) is 0 Å². The average Bonchev–Trinajstić information content (AvgIpc) is 3.11. The number of nitrogens with zero attached hydrogens (tertiary/aromatic N) is 1. The zero-order valence-corrected chi connectivity index (χ0v) is 14.9. The molecule has 2 N–H and O–H groups in total. The topological polar surface area (TPSA) is 89.7 Å². The van der Waals surface area contributed by atoms with Gasteiger partial charge in [0.25, 0.3) is 0 Å². The van der Waals surface area contributed by atoms with Crippen molar-refractivity contribution >= 4 is 16.0 Å². The zero-order valence-electron chi connectivity index (χ0n) is 14.1. The highest BCUT2D eigenvalue weighted by molar-refractivity contribution is 7.89. The number of hydrogen-bond donors (Lipinski definition) is 1. The first-order chi connectivity index (χ1) is 11.3. The van der Waals surface area contributed by atoms with Gasteiger partial charge in [-0.25, -0.2) is 13.2 Å². The van der Waals surface area contributed by atoms with Gasteiger partial charge in [-0.3, -0.25) is 0 Å². The van der Waals surface area contributed by atoms with E-state index in [0.717, 1.165) is 12.8 Å². The SMILES string of the molecule is CCOC(=O)c1ccc(C)c(S(=O)(=O)N2CC3CCC(N)C3C2)c1. The van der Waals surface area contributed by atoms with Crippen molar-refractivity contribution in [3.05, 3.63) is 29.3 Å². The third-order valence-electron chi connectivity index (χ3n) is 5.20. The summed E-state index contributed by atoms with van der Waals surface area (Å²) < 4.78 is 32.6. The summed E-state index contributed by atoms with van der Waals surface area (Å²) >= 11 is 0. The molecule has 3 unspecified atom stereocenters. The summed E-state index contributed by atoms with van der Waals surface area (Å²) in [7, 11) is -3.64. The number of aryl methyl sites for hydroxylation is 1. The van der Waals surface area contributed by atoms with E-state index in [1.165, 1.54) is 10.4 Å². The van der Waals surface area contributed by atoms with Crippen LogP contribution in [0.1, 0.15) is 35.7 Å². The molecule has 1 aliphatic heterocycles. The molecule has 1 saturated carbocycles. The number of hydrogen-bond acceptors (Lipinski definition) is 5. The molecule has 1 saturated heterocycles. The lowest BCUT2D eigenvalue weighted by molar-refractivity contribution is 0.0526. The normalized spacial score (nSPS) is 27.2. The number of fused-ring (bicyclic) bond motifs is 1. The molecule has 3 rings (SSSR count). The average molecular weight is 352 g/mol. The van der Waals surface area contributed by atoms with E-state index in [4.69, 9.17) is 10.5 Å². The molecule has 1 aromatic carbocycles. The van der Waals surface area contributed by atoms with Gasteiger partial charge in [-0.05, 0) is 56.2 Å². The minimum atomic E-state index is -3.64. The fourth-order valence-corrected chi connectivity index (χ4v) is 5.61. The fraction of sp³-hybridized carbons (Fsp3) is 0.588. The van der Waals surface area contributed by atoms with Gasteiger partial charge in [-0.1, -0.05) is 6.07 Å². The molecule has 1 aliphatic carbocycles. The van der Waals surface area contributed by atoms with Crippen LogP contribution < -0.4 is 5.73 Å². The van der Waals surface area contributed by atoms with Crippen LogP contribution in [0.5, 0.6) is 0 Å². The van der Waals surface area contributed by atoms with Crippen LogP contribution in [-0.2, 0) is 14.8 Å². The van der Waals surface area contributed by atoms with Crippen LogP contribution in [0.4, 0.5) is 0 Å². The largest absolute Gasteiger partial charge is 0.462 e. The fourth-order valence-electron chi connectivity index (χ4n) is 3.82. The van der Waals surface area contributed by atoms with Crippen LogP contribution in [0.25, 0.3) is 0 Å². The maximum absolute atomic E-state index is 13.1. The molecule has 0 spiro atoms. The van der Waals surface area contributed by atoms with Crippen LogP contribution in [-0.4, -0.2) is 44.4 Å². The molecule has 2 aliphatic rings. The number of benzene rings is 1. The zero-order chi connectivity index (χ0) is 17.5. The van der Waals surface area contributed by atoms with Crippen molar-refractivity contribution in [1.29, 1.82) is 0 Å². The van der Waals surface area contributed by atoms with Gasteiger partial charge in [-0.2, -0.15) is 4.31 Å². The van der Waals surface area contributed by atoms with Gasteiger partial charge in [0.1, 0.15) is 0 Å². The van der Waals surface area contributed by atoms with Gasteiger partial charge in [0.2, 0.25) is 10.0 Å². The summed E-state index contributed by atoms with van der Waals surface area (Å²) in [5.74, 6) is 0.0888. The second-order valence-electron chi connectivity index (χ2n) is 6.69. The number of carbonyl (C=O) groups is 1. The van der Waals surface area contributed by atoms with Gasteiger partial charge >= 0.3 is 5.97 Å². The molecule has 2 fully saturated rings. The number of nitrogens with two attached hydrogens (primary N) is 1. The predicted molar refractivity (Wildman–Crippen MR) is 90.1 cm³/mol. The van der Waals surface area contributed by atoms with E-state index >= 15 is 0 Å². The minimum absolute atomic E-state index is 0.0853. The molecule has 0 aromatic heterocycles. The Morgan fingerprint density at radius 1 is 1.33 bits per heavy atom. The van der Waals surface area contributed by atoms with Gasteiger partial charge in [0.15, 0.2) is 0 Å². The number of sulfonamides is 1. The second-order valence-corrected chi connectivity index (χ2v) is 8.59. The summed E-state index contributed by atoms with van der Waals surface area (Å²) in [5, 5.41) is 0. The molecule has 0 radical (unpaired) electrons. The molecule has 1 heterocycles. The quantitative estimate of drug-likeness (QED) is 0.830. The Kier molecular flexibility index (Phi) is 4.68. The Labute approximate surface area is 143 Å². The van der Waals surface area contributed by atoms with Crippen molar-refractivity contribution in [1.82, 2.24) is 4.31 Å². The molecule has 132 valence electrons. The molecule has 0 bridgehead atoms. The van der Waals surface area contributed by atoms with Crippen molar-refractivity contribution in [3.8, 4) is 0 Å². The van der Waals surface area contributed by atoms with Crippen molar-refractivity contribution < 1.29 is 17.9 Å².